The van der Waals surface area contributed by atoms with E-state index in [9.17, 15) is 9.59 Å². The summed E-state index contributed by atoms with van der Waals surface area (Å²) in [5.74, 6) is 5.40. The number of nitrogens with zero attached hydrogens (tertiary/aromatic N) is 1. The molecule has 0 spiro atoms. The van der Waals surface area contributed by atoms with Crippen LogP contribution in [-0.2, 0) is 16.0 Å². The van der Waals surface area contributed by atoms with Crippen LogP contribution in [-0.4, -0.2) is 23.0 Å². The van der Waals surface area contributed by atoms with E-state index in [0.717, 1.165) is 11.1 Å². The Hall–Kier alpha value is -2.86. The molecule has 0 bridgehead atoms. The predicted octanol–water partition coefficient (Wildman–Crippen LogP) is 1.74. The van der Waals surface area contributed by atoms with Crippen molar-refractivity contribution in [3.63, 3.8) is 0 Å². The average molecular weight is 327 g/mol. The number of nitrogens with one attached hydrogen (secondary N) is 1. The molecule has 0 aliphatic heterocycles. The number of para-hydroxylation sites is 1. The Morgan fingerprint density at radius 2 is 1.75 bits per heavy atom. The summed E-state index contributed by atoms with van der Waals surface area (Å²) < 4.78 is 0. The molecule has 6 nitrogen and oxygen atoms in total. The van der Waals surface area contributed by atoms with Crippen molar-refractivity contribution in [3.8, 4) is 5.75 Å². The first-order valence-electron chi connectivity index (χ1n) is 7.60. The maximum Gasteiger partial charge on any atom is 0.294 e. The topological polar surface area (TPSA) is 84.7 Å². The first-order chi connectivity index (χ1) is 11.5. The largest absolute Gasteiger partial charge is 0.361 e. The van der Waals surface area contributed by atoms with Crippen molar-refractivity contribution in [3.05, 3.63) is 65.7 Å². The lowest BCUT2D eigenvalue weighted by molar-refractivity contribution is -0.161. The SMILES string of the molecule is CC(=O)NC(Cc1ccccc1)C(=O)N(N)Oc1ccccc1C. The van der Waals surface area contributed by atoms with Gasteiger partial charge in [0.15, 0.2) is 5.75 Å². The quantitative estimate of drug-likeness (QED) is 0.481. The molecule has 3 N–H and O–H groups in total. The molecule has 2 aromatic rings. The van der Waals surface area contributed by atoms with Gasteiger partial charge >= 0.3 is 0 Å². The van der Waals surface area contributed by atoms with E-state index in [2.05, 4.69) is 5.32 Å². The summed E-state index contributed by atoms with van der Waals surface area (Å²) in [6.07, 6.45) is 0.323. The summed E-state index contributed by atoms with van der Waals surface area (Å²) in [6, 6.07) is 15.8. The van der Waals surface area contributed by atoms with Crippen LogP contribution < -0.4 is 16.0 Å². The van der Waals surface area contributed by atoms with Crippen molar-refractivity contribution in [1.29, 1.82) is 0 Å². The summed E-state index contributed by atoms with van der Waals surface area (Å²) in [4.78, 5) is 29.4. The fourth-order valence-electron chi connectivity index (χ4n) is 2.26. The maximum atomic E-state index is 12.6. The molecule has 0 radical (unpaired) electrons. The summed E-state index contributed by atoms with van der Waals surface area (Å²) in [7, 11) is 0. The number of hydrogen-bond donors (Lipinski definition) is 2. The van der Waals surface area contributed by atoms with Crippen molar-refractivity contribution >= 4 is 11.8 Å². The van der Waals surface area contributed by atoms with Crippen LogP contribution in [0.5, 0.6) is 5.75 Å². The molecule has 0 heterocycles. The molecule has 0 aromatic heterocycles. The summed E-state index contributed by atoms with van der Waals surface area (Å²) in [5.41, 5.74) is 1.76. The Kier molecular flexibility index (Phi) is 5.92. The second-order valence-corrected chi connectivity index (χ2v) is 5.46. The average Bonchev–Trinajstić information content (AvgIpc) is 2.56. The lowest BCUT2D eigenvalue weighted by Crippen LogP contribution is -2.53. The van der Waals surface area contributed by atoms with Crippen LogP contribution >= 0.6 is 0 Å². The van der Waals surface area contributed by atoms with Gasteiger partial charge in [-0.2, -0.15) is 0 Å². The number of carbonyl (C=O) groups excluding carboxylic acids is 2. The number of benzene rings is 2. The van der Waals surface area contributed by atoms with Gasteiger partial charge in [-0.1, -0.05) is 48.5 Å². The van der Waals surface area contributed by atoms with E-state index in [4.69, 9.17) is 10.7 Å². The van der Waals surface area contributed by atoms with Gasteiger partial charge in [-0.05, 0) is 24.1 Å². The number of nitrogens with two attached hydrogens (primary N) is 1. The van der Waals surface area contributed by atoms with Crippen LogP contribution in [0.25, 0.3) is 0 Å². The van der Waals surface area contributed by atoms with Gasteiger partial charge in [0.1, 0.15) is 6.04 Å². The minimum absolute atomic E-state index is 0.312. The molecular formula is C18H21N3O3. The molecule has 6 heteroatoms. The molecule has 0 saturated heterocycles. The Labute approximate surface area is 141 Å². The number of hydrazine groups is 1. The molecule has 2 aromatic carbocycles. The van der Waals surface area contributed by atoms with Gasteiger partial charge < -0.3 is 10.2 Å². The van der Waals surface area contributed by atoms with Gasteiger partial charge in [0.2, 0.25) is 5.91 Å². The van der Waals surface area contributed by atoms with Crippen molar-refractivity contribution in [2.45, 2.75) is 26.3 Å². The van der Waals surface area contributed by atoms with E-state index in [0.29, 0.717) is 17.3 Å². The first-order valence-corrected chi connectivity index (χ1v) is 7.60. The molecule has 1 atom stereocenters. The van der Waals surface area contributed by atoms with Crippen LogP contribution in [0.3, 0.4) is 0 Å². The number of hydrogen-bond acceptors (Lipinski definition) is 4. The molecule has 0 fully saturated rings. The predicted molar refractivity (Wildman–Crippen MR) is 90.6 cm³/mol. The third-order valence-electron chi connectivity index (χ3n) is 3.47. The van der Waals surface area contributed by atoms with Crippen LogP contribution in [0.15, 0.2) is 54.6 Å². The molecule has 0 aliphatic carbocycles. The van der Waals surface area contributed by atoms with Crippen LogP contribution in [0, 0.1) is 6.92 Å². The van der Waals surface area contributed by atoms with E-state index in [1.165, 1.54) is 6.92 Å². The Morgan fingerprint density at radius 3 is 2.38 bits per heavy atom. The summed E-state index contributed by atoms with van der Waals surface area (Å²) >= 11 is 0. The van der Waals surface area contributed by atoms with E-state index >= 15 is 0 Å². The van der Waals surface area contributed by atoms with Gasteiger partial charge in [0.25, 0.3) is 5.91 Å². The Bertz CT molecular complexity index is 704. The lowest BCUT2D eigenvalue weighted by atomic mass is 10.1. The minimum Gasteiger partial charge on any atom is -0.361 e. The summed E-state index contributed by atoms with van der Waals surface area (Å²) in [5, 5.41) is 3.29. The van der Waals surface area contributed by atoms with E-state index in [1.54, 1.807) is 12.1 Å². The van der Waals surface area contributed by atoms with Gasteiger partial charge in [0, 0.05) is 13.3 Å². The van der Waals surface area contributed by atoms with E-state index in [1.807, 2.05) is 49.4 Å². The molecule has 0 aliphatic rings. The fraction of sp³-hybridized carbons (Fsp3) is 0.222. The zero-order chi connectivity index (χ0) is 17.5. The number of aryl methyl sites for hydroxylation is 1. The monoisotopic (exact) mass is 327 g/mol. The minimum atomic E-state index is -0.807. The second kappa shape index (κ2) is 8.12. The Balaban J connectivity index is 2.11. The second-order valence-electron chi connectivity index (χ2n) is 5.46. The highest BCUT2D eigenvalue weighted by Crippen LogP contribution is 2.17. The van der Waals surface area contributed by atoms with Crippen LogP contribution in [0.4, 0.5) is 0 Å². The highest BCUT2D eigenvalue weighted by atomic mass is 16.7. The first kappa shape index (κ1) is 17.5. The number of hydroxylamine groups is 1. The van der Waals surface area contributed by atoms with Gasteiger partial charge in [0.05, 0.1) is 0 Å². The highest BCUT2D eigenvalue weighted by molar-refractivity contribution is 5.86. The maximum absolute atomic E-state index is 12.6. The molecule has 0 saturated carbocycles. The molecule has 126 valence electrons. The highest BCUT2D eigenvalue weighted by Gasteiger charge is 2.25. The number of carbonyl (C=O) groups is 2. The van der Waals surface area contributed by atoms with Crippen molar-refractivity contribution in [2.24, 2.45) is 5.84 Å². The van der Waals surface area contributed by atoms with E-state index in [-0.39, 0.29) is 5.91 Å². The zero-order valence-corrected chi connectivity index (χ0v) is 13.7. The van der Waals surface area contributed by atoms with Crippen molar-refractivity contribution in [1.82, 2.24) is 10.5 Å². The lowest BCUT2D eigenvalue weighted by Gasteiger charge is -2.23. The van der Waals surface area contributed by atoms with Gasteiger partial charge in [-0.25, -0.2) is 5.84 Å². The Morgan fingerprint density at radius 1 is 1.12 bits per heavy atom. The van der Waals surface area contributed by atoms with Crippen molar-refractivity contribution in [2.75, 3.05) is 0 Å². The number of rotatable bonds is 6. The third-order valence-corrected chi connectivity index (χ3v) is 3.47. The van der Waals surface area contributed by atoms with Crippen molar-refractivity contribution < 1.29 is 14.4 Å². The zero-order valence-electron chi connectivity index (χ0n) is 13.7. The third kappa shape index (κ3) is 4.82. The molecule has 24 heavy (non-hydrogen) atoms. The van der Waals surface area contributed by atoms with Crippen LogP contribution in [0.1, 0.15) is 18.1 Å². The van der Waals surface area contributed by atoms with Gasteiger partial charge in [-0.3, -0.25) is 9.59 Å². The molecule has 1 unspecified atom stereocenters. The summed E-state index contributed by atoms with van der Waals surface area (Å²) in [6.45, 7) is 3.21. The molecular weight excluding hydrogens is 306 g/mol. The van der Waals surface area contributed by atoms with Crippen LogP contribution in [0.2, 0.25) is 0 Å². The smallest absolute Gasteiger partial charge is 0.294 e. The standard InChI is InChI=1S/C18H21N3O3/c1-13-8-6-7-11-17(13)24-21(19)18(23)16(20-14(2)22)12-15-9-4-3-5-10-15/h3-11,16H,12,19H2,1-2H3,(H,20,22). The number of amides is 2. The van der Waals surface area contributed by atoms with Gasteiger partial charge in [-0.15, -0.1) is 5.17 Å². The van der Waals surface area contributed by atoms with E-state index < -0.39 is 11.9 Å². The molecule has 2 amide bonds. The fourth-order valence-corrected chi connectivity index (χ4v) is 2.26. The molecule has 2 rings (SSSR count). The normalized spacial score (nSPS) is 11.5.